The second-order valence-corrected chi connectivity index (χ2v) is 5.96. The molecule has 118 valence electrons. The number of nitrogens with zero attached hydrogens (tertiary/aromatic N) is 3. The lowest BCUT2D eigenvalue weighted by molar-refractivity contribution is 0.167. The van der Waals surface area contributed by atoms with E-state index in [2.05, 4.69) is 24.3 Å². The number of hydrogen-bond acceptors (Lipinski definition) is 3. The van der Waals surface area contributed by atoms with Crippen LogP contribution in [0.25, 0.3) is 0 Å². The van der Waals surface area contributed by atoms with Gasteiger partial charge in [-0.1, -0.05) is 13.8 Å². The molecular weight excluding hydrogens is 268 g/mol. The zero-order valence-corrected chi connectivity index (χ0v) is 13.2. The molecule has 0 bridgehead atoms. The molecular formula is C15H26N4O2. The topological polar surface area (TPSA) is 59.4 Å². The quantitative estimate of drug-likeness (QED) is 0.907. The fourth-order valence-corrected chi connectivity index (χ4v) is 2.70. The van der Waals surface area contributed by atoms with Crippen molar-refractivity contribution in [3.63, 3.8) is 0 Å². The average molecular weight is 294 g/mol. The zero-order chi connectivity index (χ0) is 15.2. The number of likely N-dealkylation sites (tertiary alicyclic amines) is 1. The highest BCUT2D eigenvalue weighted by atomic mass is 16.5. The maximum absolute atomic E-state index is 12.2. The van der Waals surface area contributed by atoms with Gasteiger partial charge < -0.3 is 9.64 Å². The summed E-state index contributed by atoms with van der Waals surface area (Å²) in [4.78, 5) is 14.1. The van der Waals surface area contributed by atoms with Gasteiger partial charge in [0.1, 0.15) is 0 Å². The number of carbonyl (C=O) groups excluding carboxylic acids is 1. The number of nitrogens with one attached hydrogen (secondary N) is 1. The van der Waals surface area contributed by atoms with E-state index in [1.54, 1.807) is 11.8 Å². The van der Waals surface area contributed by atoms with E-state index in [1.807, 2.05) is 17.2 Å². The molecule has 1 aliphatic rings. The monoisotopic (exact) mass is 294 g/mol. The van der Waals surface area contributed by atoms with Crippen LogP contribution >= 0.6 is 0 Å². The first-order valence-electron chi connectivity index (χ1n) is 7.68. The van der Waals surface area contributed by atoms with Crippen LogP contribution in [0.1, 0.15) is 26.7 Å². The van der Waals surface area contributed by atoms with Crippen molar-refractivity contribution in [2.45, 2.75) is 33.2 Å². The predicted molar refractivity (Wildman–Crippen MR) is 82.3 cm³/mol. The van der Waals surface area contributed by atoms with Gasteiger partial charge in [-0.25, -0.2) is 4.79 Å². The van der Waals surface area contributed by atoms with Crippen molar-refractivity contribution in [3.8, 4) is 0 Å². The van der Waals surface area contributed by atoms with Crippen LogP contribution in [0.4, 0.5) is 10.6 Å². The number of carbonyl (C=O) groups is 1. The number of ether oxygens (including phenoxy) is 1. The Kier molecular flexibility index (Phi) is 5.61. The van der Waals surface area contributed by atoms with Crippen molar-refractivity contribution in [3.05, 3.63) is 12.3 Å². The molecule has 21 heavy (non-hydrogen) atoms. The van der Waals surface area contributed by atoms with Gasteiger partial charge in [-0.2, -0.15) is 5.10 Å². The number of amides is 2. The van der Waals surface area contributed by atoms with Crippen molar-refractivity contribution in [2.24, 2.45) is 11.8 Å². The molecule has 1 saturated heterocycles. The van der Waals surface area contributed by atoms with Crippen LogP contribution in [0.2, 0.25) is 0 Å². The predicted octanol–water partition coefficient (Wildman–Crippen LogP) is 2.43. The minimum Gasteiger partial charge on any atom is -0.383 e. The molecule has 6 heteroatoms. The van der Waals surface area contributed by atoms with Crippen molar-refractivity contribution in [1.82, 2.24) is 14.7 Å². The molecule has 2 heterocycles. The summed E-state index contributed by atoms with van der Waals surface area (Å²) in [6.07, 6.45) is 4.03. The van der Waals surface area contributed by atoms with Gasteiger partial charge in [0, 0.05) is 32.5 Å². The lowest BCUT2D eigenvalue weighted by atomic mass is 9.87. The highest BCUT2D eigenvalue weighted by molar-refractivity contribution is 5.88. The number of methoxy groups -OCH3 is 1. The van der Waals surface area contributed by atoms with E-state index in [0.29, 0.717) is 24.9 Å². The van der Waals surface area contributed by atoms with Gasteiger partial charge in [-0.3, -0.25) is 10.00 Å². The first-order chi connectivity index (χ1) is 10.1. The maximum Gasteiger partial charge on any atom is 0.323 e. The molecule has 1 fully saturated rings. The van der Waals surface area contributed by atoms with Crippen LogP contribution in [0.3, 0.4) is 0 Å². The van der Waals surface area contributed by atoms with Gasteiger partial charge in [0.25, 0.3) is 0 Å². The number of rotatable bonds is 5. The van der Waals surface area contributed by atoms with Crippen LogP contribution in [0.5, 0.6) is 0 Å². The lowest BCUT2D eigenvalue weighted by Gasteiger charge is -2.33. The summed E-state index contributed by atoms with van der Waals surface area (Å²) in [6, 6.07) is 1.77. The molecule has 2 rings (SSSR count). The summed E-state index contributed by atoms with van der Waals surface area (Å²) in [7, 11) is 1.66. The number of hydrogen-bond donors (Lipinski definition) is 1. The Bertz CT molecular complexity index is 450. The van der Waals surface area contributed by atoms with Gasteiger partial charge in [-0.05, 0) is 24.7 Å². The molecule has 1 aromatic heterocycles. The molecule has 1 aliphatic heterocycles. The number of piperidine rings is 1. The number of aromatic nitrogens is 2. The maximum atomic E-state index is 12.2. The van der Waals surface area contributed by atoms with Crippen molar-refractivity contribution in [1.29, 1.82) is 0 Å². The minimum atomic E-state index is -0.0470. The molecule has 1 aromatic rings. The van der Waals surface area contributed by atoms with E-state index in [1.165, 1.54) is 0 Å². The number of anilines is 1. The third kappa shape index (κ3) is 4.46. The summed E-state index contributed by atoms with van der Waals surface area (Å²) < 4.78 is 6.77. The number of urea groups is 1. The average Bonchev–Trinajstić information content (AvgIpc) is 2.92. The molecule has 0 unspecified atom stereocenters. The SMILES string of the molecule is COCCn1ccc(NC(=O)N2CCC(C(C)C)CC2)n1. The van der Waals surface area contributed by atoms with E-state index < -0.39 is 0 Å². The normalized spacial score (nSPS) is 16.5. The minimum absolute atomic E-state index is 0.0470. The van der Waals surface area contributed by atoms with Gasteiger partial charge in [0.05, 0.1) is 13.2 Å². The van der Waals surface area contributed by atoms with E-state index in [0.717, 1.165) is 31.8 Å². The van der Waals surface area contributed by atoms with Gasteiger partial charge in [0.2, 0.25) is 0 Å². The molecule has 0 spiro atoms. The van der Waals surface area contributed by atoms with Crippen LogP contribution in [0, 0.1) is 11.8 Å². The fourth-order valence-electron chi connectivity index (χ4n) is 2.70. The largest absolute Gasteiger partial charge is 0.383 e. The van der Waals surface area contributed by atoms with E-state index >= 15 is 0 Å². The molecule has 0 aliphatic carbocycles. The standard InChI is InChI=1S/C15H26N4O2/c1-12(2)13-4-7-18(8-5-13)15(20)16-14-6-9-19(17-14)10-11-21-3/h6,9,12-13H,4-5,7-8,10-11H2,1-3H3,(H,16,17,20). The summed E-state index contributed by atoms with van der Waals surface area (Å²) in [5, 5.41) is 7.17. The van der Waals surface area contributed by atoms with Crippen LogP contribution in [-0.2, 0) is 11.3 Å². The Morgan fingerprint density at radius 2 is 2.19 bits per heavy atom. The highest BCUT2D eigenvalue weighted by Crippen LogP contribution is 2.24. The van der Waals surface area contributed by atoms with Crippen LogP contribution in [-0.4, -0.2) is 47.5 Å². The summed E-state index contributed by atoms with van der Waals surface area (Å²) in [5.41, 5.74) is 0. The second-order valence-electron chi connectivity index (χ2n) is 5.96. The Morgan fingerprint density at radius 1 is 1.48 bits per heavy atom. The Hall–Kier alpha value is -1.56. The lowest BCUT2D eigenvalue weighted by Crippen LogP contribution is -2.41. The molecule has 6 nitrogen and oxygen atoms in total. The summed E-state index contributed by atoms with van der Waals surface area (Å²) >= 11 is 0. The van der Waals surface area contributed by atoms with Crippen molar-refractivity contribution >= 4 is 11.8 Å². The van der Waals surface area contributed by atoms with Gasteiger partial charge >= 0.3 is 6.03 Å². The van der Waals surface area contributed by atoms with E-state index in [9.17, 15) is 4.79 Å². The molecule has 1 N–H and O–H groups in total. The molecule has 0 atom stereocenters. The Morgan fingerprint density at radius 3 is 2.81 bits per heavy atom. The first-order valence-corrected chi connectivity index (χ1v) is 7.68. The fraction of sp³-hybridized carbons (Fsp3) is 0.733. The Labute approximate surface area is 126 Å². The third-order valence-corrected chi connectivity index (χ3v) is 4.17. The molecule has 2 amide bonds. The summed E-state index contributed by atoms with van der Waals surface area (Å²) in [5.74, 6) is 2.04. The van der Waals surface area contributed by atoms with Crippen molar-refractivity contribution < 1.29 is 9.53 Å². The van der Waals surface area contributed by atoms with Crippen LogP contribution in [0.15, 0.2) is 12.3 Å². The molecule has 0 radical (unpaired) electrons. The first kappa shape index (κ1) is 15.8. The highest BCUT2D eigenvalue weighted by Gasteiger charge is 2.24. The van der Waals surface area contributed by atoms with Crippen LogP contribution < -0.4 is 5.32 Å². The third-order valence-electron chi connectivity index (χ3n) is 4.17. The van der Waals surface area contributed by atoms with Gasteiger partial charge in [-0.15, -0.1) is 0 Å². The van der Waals surface area contributed by atoms with E-state index in [-0.39, 0.29) is 6.03 Å². The molecule has 0 saturated carbocycles. The van der Waals surface area contributed by atoms with Crippen molar-refractivity contribution in [2.75, 3.05) is 32.1 Å². The van der Waals surface area contributed by atoms with Gasteiger partial charge in [0.15, 0.2) is 5.82 Å². The second kappa shape index (κ2) is 7.45. The molecule has 0 aromatic carbocycles. The van der Waals surface area contributed by atoms with E-state index in [4.69, 9.17) is 4.74 Å². The summed E-state index contributed by atoms with van der Waals surface area (Å²) in [6.45, 7) is 7.47. The smallest absolute Gasteiger partial charge is 0.323 e. The Balaban J connectivity index is 1.80. The zero-order valence-electron chi connectivity index (χ0n) is 13.2.